The minimum absolute atomic E-state index is 0.0562. The smallest absolute Gasteiger partial charge is 0.328 e. The highest BCUT2D eigenvalue weighted by atomic mass is 19.1. The highest BCUT2D eigenvalue weighted by molar-refractivity contribution is 5.98. The van der Waals surface area contributed by atoms with Crippen LogP contribution in [0.1, 0.15) is 76.0 Å². The number of halogens is 2. The standard InChI is InChI=1S/C42H52F2N6O8/c1-4-26-10-12-27(13-11-26)20-36(51)46-31(19-28-17-29(43)21-30(44)18-28)37(52)47-32-23-58-42(57)35-16-24(2)22-50(35)39(54)25(3)45-38(53)33-8-5-6-14-48(33)41(56)34-9-7-15-49(34)40(32)55/h10-13,17-18,21,24-25,31-35H,4-9,14-16,19-20,22-23H2,1-3H3,(H,45,53)(H,46,51)(H,47,52)/t24-,25+,31+,32+,33+,34+,35+/m1/s1. The van der Waals surface area contributed by atoms with Crippen molar-refractivity contribution in [3.8, 4) is 0 Å². The molecule has 0 saturated carbocycles. The summed E-state index contributed by atoms with van der Waals surface area (Å²) in [5.41, 5.74) is 1.78. The van der Waals surface area contributed by atoms with Crippen LogP contribution in [0.3, 0.4) is 0 Å². The Hall–Kier alpha value is -5.41. The number of rotatable bonds is 8. The van der Waals surface area contributed by atoms with Crippen molar-refractivity contribution in [2.45, 2.75) is 115 Å². The Bertz CT molecular complexity index is 1890. The Morgan fingerprint density at radius 1 is 0.810 bits per heavy atom. The van der Waals surface area contributed by atoms with E-state index in [1.54, 1.807) is 12.1 Å². The minimum Gasteiger partial charge on any atom is -0.461 e. The summed E-state index contributed by atoms with van der Waals surface area (Å²) in [4.78, 5) is 102. The number of carbonyl (C=O) groups is 7. The third-order valence-electron chi connectivity index (χ3n) is 11.5. The number of carbonyl (C=O) groups excluding carboxylic acids is 7. The molecule has 14 nitrogen and oxygen atoms in total. The fourth-order valence-corrected chi connectivity index (χ4v) is 8.49. The van der Waals surface area contributed by atoms with Crippen molar-refractivity contribution >= 4 is 41.4 Å². The van der Waals surface area contributed by atoms with E-state index in [1.165, 1.54) is 21.6 Å². The monoisotopic (exact) mass is 806 g/mol. The van der Waals surface area contributed by atoms with Crippen LogP contribution in [-0.4, -0.2) is 119 Å². The Morgan fingerprint density at radius 2 is 1.47 bits per heavy atom. The second-order valence-corrected chi connectivity index (χ2v) is 16.0. The van der Waals surface area contributed by atoms with Crippen LogP contribution in [0, 0.1) is 17.6 Å². The maximum Gasteiger partial charge on any atom is 0.328 e. The van der Waals surface area contributed by atoms with Crippen molar-refractivity contribution < 1.29 is 47.1 Å². The molecule has 0 spiro atoms. The Labute approximate surface area is 336 Å². The topological polar surface area (TPSA) is 175 Å². The largest absolute Gasteiger partial charge is 0.461 e. The number of benzene rings is 2. The normalized spacial score (nSPS) is 26.3. The number of nitrogens with one attached hydrogen (secondary N) is 3. The third kappa shape index (κ3) is 9.81. The van der Waals surface area contributed by atoms with Crippen LogP contribution in [0.5, 0.6) is 0 Å². The first kappa shape index (κ1) is 42.2. The van der Waals surface area contributed by atoms with Gasteiger partial charge in [0.2, 0.25) is 35.4 Å². The van der Waals surface area contributed by atoms with Gasteiger partial charge in [-0.3, -0.25) is 28.8 Å². The molecule has 0 aromatic heterocycles. The fourth-order valence-electron chi connectivity index (χ4n) is 8.49. The molecule has 3 N–H and O–H groups in total. The van der Waals surface area contributed by atoms with Gasteiger partial charge in [0.15, 0.2) is 0 Å². The Balaban J connectivity index is 1.31. The van der Waals surface area contributed by atoms with Gasteiger partial charge in [-0.15, -0.1) is 0 Å². The molecular weight excluding hydrogens is 754 g/mol. The van der Waals surface area contributed by atoms with Crippen LogP contribution < -0.4 is 16.0 Å². The van der Waals surface area contributed by atoms with E-state index in [9.17, 15) is 42.3 Å². The summed E-state index contributed by atoms with van der Waals surface area (Å²) in [6, 6.07) is 3.16. The molecule has 0 unspecified atom stereocenters. The average molecular weight is 807 g/mol. The van der Waals surface area contributed by atoms with Gasteiger partial charge in [-0.2, -0.15) is 0 Å². The lowest BCUT2D eigenvalue weighted by molar-refractivity contribution is -0.158. The van der Waals surface area contributed by atoms with E-state index in [-0.39, 0.29) is 56.8 Å². The summed E-state index contributed by atoms with van der Waals surface area (Å²) in [5.74, 6) is -6.36. The molecule has 4 aliphatic rings. The zero-order chi connectivity index (χ0) is 41.7. The quantitative estimate of drug-likeness (QED) is 0.340. The number of hydrogen-bond acceptors (Lipinski definition) is 8. The number of ether oxygens (including phenoxy) is 1. The first-order chi connectivity index (χ1) is 27.7. The van der Waals surface area contributed by atoms with Gasteiger partial charge in [-0.25, -0.2) is 13.6 Å². The predicted molar refractivity (Wildman–Crippen MR) is 205 cm³/mol. The molecule has 58 heavy (non-hydrogen) atoms. The van der Waals surface area contributed by atoms with E-state index in [0.717, 1.165) is 24.1 Å². The molecule has 6 amide bonds. The number of hydrogen-bond donors (Lipinski definition) is 3. The molecule has 0 aliphatic carbocycles. The fraction of sp³-hybridized carbons (Fsp3) is 0.548. The van der Waals surface area contributed by atoms with Gasteiger partial charge in [-0.1, -0.05) is 38.1 Å². The Kier molecular flexibility index (Phi) is 13.4. The van der Waals surface area contributed by atoms with Gasteiger partial charge >= 0.3 is 5.97 Å². The van der Waals surface area contributed by atoms with Crippen LogP contribution >= 0.6 is 0 Å². The first-order valence-corrected chi connectivity index (χ1v) is 20.2. The third-order valence-corrected chi connectivity index (χ3v) is 11.5. The molecule has 7 atom stereocenters. The number of piperidine rings is 1. The number of amides is 6. The van der Waals surface area contributed by atoms with Crippen LogP contribution in [-0.2, 0) is 57.6 Å². The van der Waals surface area contributed by atoms with E-state index in [0.29, 0.717) is 37.3 Å². The van der Waals surface area contributed by atoms with Crippen LogP contribution in [0.2, 0.25) is 0 Å². The zero-order valence-electron chi connectivity index (χ0n) is 33.1. The number of esters is 1. The number of cyclic esters (lactones) is 1. The predicted octanol–water partition coefficient (Wildman–Crippen LogP) is 1.95. The summed E-state index contributed by atoms with van der Waals surface area (Å²) in [6.45, 7) is 5.34. The van der Waals surface area contributed by atoms with E-state index in [4.69, 9.17) is 4.74 Å². The summed E-state index contributed by atoms with van der Waals surface area (Å²) < 4.78 is 34.3. The van der Waals surface area contributed by atoms with E-state index < -0.39 is 95.9 Å². The molecule has 6 rings (SSSR count). The van der Waals surface area contributed by atoms with Crippen LogP contribution in [0.15, 0.2) is 42.5 Å². The zero-order valence-corrected chi connectivity index (χ0v) is 33.1. The molecule has 312 valence electrons. The highest BCUT2D eigenvalue weighted by Crippen LogP contribution is 2.28. The molecule has 2 aromatic rings. The molecule has 0 bridgehead atoms. The van der Waals surface area contributed by atoms with Crippen molar-refractivity contribution in [3.05, 3.63) is 70.8 Å². The summed E-state index contributed by atoms with van der Waals surface area (Å²) in [6.07, 6.45) is 2.97. The van der Waals surface area contributed by atoms with Crippen molar-refractivity contribution in [2.24, 2.45) is 5.92 Å². The van der Waals surface area contributed by atoms with Gasteiger partial charge in [0.25, 0.3) is 0 Å². The van der Waals surface area contributed by atoms with Crippen molar-refractivity contribution in [3.63, 3.8) is 0 Å². The molecular formula is C42H52F2N6O8. The van der Waals surface area contributed by atoms with Crippen molar-refractivity contribution in [2.75, 3.05) is 26.2 Å². The summed E-state index contributed by atoms with van der Waals surface area (Å²) >= 11 is 0. The summed E-state index contributed by atoms with van der Waals surface area (Å²) in [7, 11) is 0. The minimum atomic E-state index is -1.56. The number of fused-ring (bicyclic) bond motifs is 3. The molecule has 4 aliphatic heterocycles. The number of aryl methyl sites for hydroxylation is 1. The van der Waals surface area contributed by atoms with Crippen molar-refractivity contribution in [1.82, 2.24) is 30.7 Å². The lowest BCUT2D eigenvalue weighted by atomic mass is 9.99. The van der Waals surface area contributed by atoms with E-state index in [2.05, 4.69) is 16.0 Å². The van der Waals surface area contributed by atoms with Gasteiger partial charge in [-0.05, 0) is 86.6 Å². The highest BCUT2D eigenvalue weighted by Gasteiger charge is 2.46. The molecule has 16 heteroatoms. The SMILES string of the molecule is CCc1ccc(CC(=O)N[C@@H](Cc2cc(F)cc(F)c2)C(=O)N[C@H]2COC(=O)[C@@H]3C[C@@H](C)CN3C(=O)[C@H](C)NC(=O)[C@@H]3CCCCN3C(=O)[C@@H]3CCCN3C2=O)cc1. The van der Waals surface area contributed by atoms with Crippen LogP contribution in [0.4, 0.5) is 8.78 Å². The maximum atomic E-state index is 14.5. The molecule has 2 aromatic carbocycles. The van der Waals surface area contributed by atoms with E-state index >= 15 is 0 Å². The first-order valence-electron chi connectivity index (χ1n) is 20.2. The lowest BCUT2D eigenvalue weighted by Gasteiger charge is -2.39. The average Bonchev–Trinajstić information content (AvgIpc) is 3.85. The molecule has 4 saturated heterocycles. The maximum absolute atomic E-state index is 14.5. The van der Waals surface area contributed by atoms with E-state index in [1.807, 2.05) is 26.0 Å². The van der Waals surface area contributed by atoms with Gasteiger partial charge in [0, 0.05) is 32.1 Å². The van der Waals surface area contributed by atoms with Gasteiger partial charge < -0.3 is 35.4 Å². The van der Waals surface area contributed by atoms with Crippen molar-refractivity contribution in [1.29, 1.82) is 0 Å². The molecule has 4 heterocycles. The van der Waals surface area contributed by atoms with Gasteiger partial charge in [0.1, 0.15) is 54.5 Å². The summed E-state index contributed by atoms with van der Waals surface area (Å²) in [5, 5.41) is 8.03. The molecule has 4 fully saturated rings. The van der Waals surface area contributed by atoms with Crippen LogP contribution in [0.25, 0.3) is 0 Å². The van der Waals surface area contributed by atoms with Gasteiger partial charge in [0.05, 0.1) is 6.42 Å². The second-order valence-electron chi connectivity index (χ2n) is 16.0. The molecule has 0 radical (unpaired) electrons. The second kappa shape index (κ2) is 18.5. The Morgan fingerprint density at radius 3 is 2.17 bits per heavy atom. The number of nitrogens with zero attached hydrogens (tertiary/aromatic N) is 3. The lowest BCUT2D eigenvalue weighted by Crippen LogP contribution is -2.62.